The van der Waals surface area contributed by atoms with E-state index in [1.54, 1.807) is 0 Å². The highest BCUT2D eigenvalue weighted by atomic mass is 32.2. The minimum Gasteiger partial charge on any atom is -0.372 e. The van der Waals surface area contributed by atoms with Crippen molar-refractivity contribution in [3.05, 3.63) is 29.8 Å². The van der Waals surface area contributed by atoms with Crippen molar-refractivity contribution in [3.8, 4) is 11.4 Å². The molecule has 8 heteroatoms. The predicted octanol–water partition coefficient (Wildman–Crippen LogP) is 2.68. The fourth-order valence-corrected chi connectivity index (χ4v) is 4.05. The van der Waals surface area contributed by atoms with E-state index in [4.69, 9.17) is 10.6 Å². The van der Waals surface area contributed by atoms with Crippen LogP contribution >= 0.6 is 11.8 Å². The molecule has 28 heavy (non-hydrogen) atoms. The van der Waals surface area contributed by atoms with E-state index in [0.717, 1.165) is 5.56 Å². The van der Waals surface area contributed by atoms with Gasteiger partial charge in [0.1, 0.15) is 0 Å². The maximum atomic E-state index is 12.5. The van der Waals surface area contributed by atoms with Crippen molar-refractivity contribution in [2.75, 3.05) is 24.7 Å². The fourth-order valence-electron chi connectivity index (χ4n) is 3.29. The lowest BCUT2D eigenvalue weighted by Crippen LogP contribution is -2.48. The molecule has 0 radical (unpaired) electrons. The molecule has 2 heterocycles. The number of hydrogen-bond donors (Lipinski definition) is 1. The first-order valence-corrected chi connectivity index (χ1v) is 10.5. The number of amides is 1. The van der Waals surface area contributed by atoms with Gasteiger partial charge in [-0.2, -0.15) is 0 Å². The van der Waals surface area contributed by atoms with E-state index >= 15 is 0 Å². The number of carbonyl (C=O) groups excluding carboxylic acids is 1. The van der Waals surface area contributed by atoms with Crippen molar-refractivity contribution in [2.45, 2.75) is 57.4 Å². The summed E-state index contributed by atoms with van der Waals surface area (Å²) in [5.74, 6) is 7.12. The van der Waals surface area contributed by atoms with Crippen LogP contribution in [0.25, 0.3) is 11.4 Å². The lowest BCUT2D eigenvalue weighted by molar-refractivity contribution is -0.140. The molecule has 1 fully saturated rings. The zero-order chi connectivity index (χ0) is 20.5. The highest BCUT2D eigenvalue weighted by Gasteiger charge is 2.26. The summed E-state index contributed by atoms with van der Waals surface area (Å²) in [6, 6.07) is 8.18. The molecule has 2 atom stereocenters. The molecule has 2 N–H and O–H groups in total. The van der Waals surface area contributed by atoms with Crippen LogP contribution in [0.4, 0.5) is 0 Å². The minimum absolute atomic E-state index is 0.0542. The second-order valence-electron chi connectivity index (χ2n) is 8.35. The Labute approximate surface area is 170 Å². The van der Waals surface area contributed by atoms with Crippen LogP contribution in [0.15, 0.2) is 29.4 Å². The molecule has 1 aliphatic rings. The molecule has 3 rings (SSSR count). The Bertz CT molecular complexity index is 818. The van der Waals surface area contributed by atoms with E-state index in [2.05, 4.69) is 43.1 Å². The Hall–Kier alpha value is -2.06. The van der Waals surface area contributed by atoms with Crippen LogP contribution in [-0.2, 0) is 14.9 Å². The van der Waals surface area contributed by atoms with Crippen LogP contribution < -0.4 is 5.84 Å². The summed E-state index contributed by atoms with van der Waals surface area (Å²) < 4.78 is 7.14. The molecule has 0 saturated carbocycles. The summed E-state index contributed by atoms with van der Waals surface area (Å²) in [6.07, 6.45) is 0.108. The van der Waals surface area contributed by atoms with Crippen molar-refractivity contribution in [1.82, 2.24) is 19.8 Å². The van der Waals surface area contributed by atoms with E-state index in [-0.39, 0.29) is 29.3 Å². The van der Waals surface area contributed by atoms with E-state index in [1.165, 1.54) is 22.0 Å². The number of hydrogen-bond acceptors (Lipinski definition) is 6. The van der Waals surface area contributed by atoms with Crippen LogP contribution in [0.1, 0.15) is 40.2 Å². The van der Waals surface area contributed by atoms with Gasteiger partial charge in [-0.05, 0) is 24.8 Å². The van der Waals surface area contributed by atoms with Gasteiger partial charge in [-0.3, -0.25) is 4.79 Å². The number of ether oxygens (including phenoxy) is 1. The van der Waals surface area contributed by atoms with Crippen molar-refractivity contribution in [2.24, 2.45) is 0 Å². The third-order valence-corrected chi connectivity index (χ3v) is 5.70. The van der Waals surface area contributed by atoms with Crippen LogP contribution in [0.2, 0.25) is 0 Å². The van der Waals surface area contributed by atoms with Gasteiger partial charge >= 0.3 is 0 Å². The number of benzene rings is 1. The summed E-state index contributed by atoms with van der Waals surface area (Å²) in [4.78, 5) is 14.4. The molecule has 152 valence electrons. The van der Waals surface area contributed by atoms with E-state index in [0.29, 0.717) is 24.1 Å². The number of thioether (sulfide) groups is 1. The summed E-state index contributed by atoms with van der Waals surface area (Å²) in [5, 5.41) is 8.91. The summed E-state index contributed by atoms with van der Waals surface area (Å²) in [6.45, 7) is 11.7. The zero-order valence-electron chi connectivity index (χ0n) is 17.2. The molecule has 0 aliphatic carbocycles. The van der Waals surface area contributed by atoms with Gasteiger partial charge in [-0.25, -0.2) is 4.68 Å². The van der Waals surface area contributed by atoms with Gasteiger partial charge in [-0.15, -0.1) is 10.2 Å². The molecule has 0 unspecified atom stereocenters. The molecule has 1 saturated heterocycles. The average Bonchev–Trinajstić information content (AvgIpc) is 2.99. The Balaban J connectivity index is 1.65. The number of aromatic nitrogens is 3. The van der Waals surface area contributed by atoms with Crippen LogP contribution in [-0.4, -0.2) is 56.7 Å². The first-order chi connectivity index (χ1) is 13.1. The van der Waals surface area contributed by atoms with E-state index in [1.807, 2.05) is 30.9 Å². The number of morpholine rings is 1. The first kappa shape index (κ1) is 20.7. The summed E-state index contributed by atoms with van der Waals surface area (Å²) in [7, 11) is 0. The zero-order valence-corrected chi connectivity index (χ0v) is 18.0. The number of nitrogens with zero attached hydrogens (tertiary/aromatic N) is 4. The number of rotatable bonds is 4. The maximum Gasteiger partial charge on any atom is 0.233 e. The van der Waals surface area contributed by atoms with Gasteiger partial charge < -0.3 is 15.5 Å². The highest BCUT2D eigenvalue weighted by Crippen LogP contribution is 2.26. The van der Waals surface area contributed by atoms with Gasteiger partial charge in [0.2, 0.25) is 11.1 Å². The van der Waals surface area contributed by atoms with Crippen molar-refractivity contribution in [3.63, 3.8) is 0 Å². The molecular formula is C20H29N5O2S. The van der Waals surface area contributed by atoms with E-state index < -0.39 is 0 Å². The fraction of sp³-hybridized carbons (Fsp3) is 0.550. The van der Waals surface area contributed by atoms with Crippen molar-refractivity contribution >= 4 is 17.7 Å². The average molecular weight is 404 g/mol. The Morgan fingerprint density at radius 3 is 2.36 bits per heavy atom. The summed E-state index contributed by atoms with van der Waals surface area (Å²) in [5.41, 5.74) is 2.23. The normalized spacial score (nSPS) is 20.4. The Morgan fingerprint density at radius 2 is 1.79 bits per heavy atom. The number of carbonyl (C=O) groups is 1. The molecule has 1 aromatic heterocycles. The molecular weight excluding hydrogens is 374 g/mol. The molecule has 1 aliphatic heterocycles. The highest BCUT2D eigenvalue weighted by molar-refractivity contribution is 7.99. The van der Waals surface area contributed by atoms with Crippen molar-refractivity contribution in [1.29, 1.82) is 0 Å². The number of nitrogens with two attached hydrogens (primary N) is 1. The standard InChI is InChI=1S/C20H29N5O2S/c1-13-10-24(11-14(2)27-13)17(26)12-28-19-23-22-18(25(19)21)15-6-8-16(9-7-15)20(3,4)5/h6-9,13-14H,10-12,21H2,1-5H3/t13-,14-/m1/s1. The molecule has 1 aromatic carbocycles. The molecule has 2 aromatic rings. The lowest BCUT2D eigenvalue weighted by Gasteiger charge is -2.35. The molecule has 0 bridgehead atoms. The number of nitrogen functional groups attached to an aromatic ring is 1. The van der Waals surface area contributed by atoms with Gasteiger partial charge in [0.05, 0.1) is 18.0 Å². The van der Waals surface area contributed by atoms with E-state index in [9.17, 15) is 4.79 Å². The molecule has 7 nitrogen and oxygen atoms in total. The van der Waals surface area contributed by atoms with Gasteiger partial charge in [0.15, 0.2) is 5.82 Å². The third-order valence-electron chi connectivity index (χ3n) is 4.77. The smallest absolute Gasteiger partial charge is 0.233 e. The van der Waals surface area contributed by atoms with Gasteiger partial charge in [-0.1, -0.05) is 56.8 Å². The van der Waals surface area contributed by atoms with Gasteiger partial charge in [0.25, 0.3) is 0 Å². The monoisotopic (exact) mass is 403 g/mol. The second-order valence-corrected chi connectivity index (χ2v) is 9.29. The maximum absolute atomic E-state index is 12.5. The molecule has 1 amide bonds. The minimum atomic E-state index is 0.0542. The summed E-state index contributed by atoms with van der Waals surface area (Å²) >= 11 is 1.31. The largest absolute Gasteiger partial charge is 0.372 e. The second kappa shape index (κ2) is 8.13. The van der Waals surface area contributed by atoms with Crippen LogP contribution in [0, 0.1) is 0 Å². The molecule has 0 spiro atoms. The van der Waals surface area contributed by atoms with Crippen molar-refractivity contribution < 1.29 is 9.53 Å². The quantitative estimate of drug-likeness (QED) is 0.624. The third kappa shape index (κ3) is 4.67. The van der Waals surface area contributed by atoms with Crippen LogP contribution in [0.5, 0.6) is 0 Å². The first-order valence-electron chi connectivity index (χ1n) is 9.52. The topological polar surface area (TPSA) is 86.3 Å². The predicted molar refractivity (Wildman–Crippen MR) is 112 cm³/mol. The van der Waals surface area contributed by atoms with Crippen LogP contribution in [0.3, 0.4) is 0 Å². The lowest BCUT2D eigenvalue weighted by atomic mass is 9.87. The van der Waals surface area contributed by atoms with Gasteiger partial charge in [0, 0.05) is 18.7 Å². The Kier molecular flexibility index (Phi) is 6.00. The SMILES string of the molecule is C[C@@H]1CN(C(=O)CSc2nnc(-c3ccc(C(C)(C)C)cc3)n2N)C[C@@H](C)O1. The Morgan fingerprint density at radius 1 is 1.18 bits per heavy atom.